The largest absolute Gasteiger partial charge is 0.379 e. The average Bonchev–Trinajstić information content (AvgIpc) is 3.26. The van der Waals surface area contributed by atoms with Crippen molar-refractivity contribution >= 4 is 15.9 Å². The molecule has 0 heterocycles. The molecule has 0 saturated heterocycles. The van der Waals surface area contributed by atoms with Crippen LogP contribution in [-0.2, 0) is 9.47 Å². The van der Waals surface area contributed by atoms with Gasteiger partial charge < -0.3 is 14.8 Å². The Morgan fingerprint density at radius 1 is 1.30 bits per heavy atom. The zero-order chi connectivity index (χ0) is 14.2. The molecule has 4 heteroatoms. The number of nitrogens with one attached hydrogen (secondary N) is 1. The van der Waals surface area contributed by atoms with Crippen molar-refractivity contribution in [3.05, 3.63) is 34.3 Å². The van der Waals surface area contributed by atoms with Crippen LogP contribution in [0, 0.1) is 0 Å². The van der Waals surface area contributed by atoms with Gasteiger partial charge in [-0.15, -0.1) is 0 Å². The summed E-state index contributed by atoms with van der Waals surface area (Å²) in [5.41, 5.74) is 1.21. The first-order valence-corrected chi connectivity index (χ1v) is 8.27. The maximum absolute atomic E-state index is 6.00. The van der Waals surface area contributed by atoms with E-state index in [9.17, 15) is 0 Å². The molecule has 0 amide bonds. The van der Waals surface area contributed by atoms with E-state index in [4.69, 9.17) is 9.47 Å². The van der Waals surface area contributed by atoms with Crippen molar-refractivity contribution < 1.29 is 9.47 Å². The SMILES string of the molecule is CCCOCCOC(CNC1CC1)c1cccc(Br)c1. The Balaban J connectivity index is 1.82. The molecule has 0 radical (unpaired) electrons. The number of halogens is 1. The van der Waals surface area contributed by atoms with Crippen molar-refractivity contribution in [2.24, 2.45) is 0 Å². The maximum Gasteiger partial charge on any atom is 0.0950 e. The van der Waals surface area contributed by atoms with Crippen LogP contribution in [0.25, 0.3) is 0 Å². The minimum Gasteiger partial charge on any atom is -0.379 e. The van der Waals surface area contributed by atoms with Gasteiger partial charge in [-0.05, 0) is 37.0 Å². The zero-order valence-electron chi connectivity index (χ0n) is 12.1. The third-order valence-electron chi connectivity index (χ3n) is 3.28. The van der Waals surface area contributed by atoms with Crippen LogP contribution in [0.4, 0.5) is 0 Å². The van der Waals surface area contributed by atoms with Gasteiger partial charge in [-0.25, -0.2) is 0 Å². The Labute approximate surface area is 130 Å². The van der Waals surface area contributed by atoms with Crippen LogP contribution < -0.4 is 5.32 Å². The summed E-state index contributed by atoms with van der Waals surface area (Å²) in [7, 11) is 0. The maximum atomic E-state index is 6.00. The molecule has 2 rings (SSSR count). The van der Waals surface area contributed by atoms with Gasteiger partial charge in [0.15, 0.2) is 0 Å². The lowest BCUT2D eigenvalue weighted by atomic mass is 10.1. The fourth-order valence-corrected chi connectivity index (χ4v) is 2.45. The molecule has 1 saturated carbocycles. The fourth-order valence-electron chi connectivity index (χ4n) is 2.04. The van der Waals surface area contributed by atoms with Crippen LogP contribution in [0.5, 0.6) is 0 Å². The van der Waals surface area contributed by atoms with E-state index in [2.05, 4.69) is 46.4 Å². The van der Waals surface area contributed by atoms with E-state index >= 15 is 0 Å². The lowest BCUT2D eigenvalue weighted by Crippen LogP contribution is -2.26. The Hall–Kier alpha value is -0.420. The van der Waals surface area contributed by atoms with Crippen LogP contribution in [0.15, 0.2) is 28.7 Å². The Kier molecular flexibility index (Phi) is 7.00. The van der Waals surface area contributed by atoms with Crippen LogP contribution in [-0.4, -0.2) is 32.4 Å². The van der Waals surface area contributed by atoms with Gasteiger partial charge in [-0.2, -0.15) is 0 Å². The molecule has 20 heavy (non-hydrogen) atoms. The van der Waals surface area contributed by atoms with E-state index in [-0.39, 0.29) is 6.10 Å². The predicted octanol–water partition coefficient (Wildman–Crippen LogP) is 3.69. The Morgan fingerprint density at radius 2 is 2.15 bits per heavy atom. The van der Waals surface area contributed by atoms with Crippen LogP contribution in [0.1, 0.15) is 37.9 Å². The van der Waals surface area contributed by atoms with Gasteiger partial charge in [-0.1, -0.05) is 35.0 Å². The first-order chi connectivity index (χ1) is 9.79. The molecule has 0 aliphatic heterocycles. The first-order valence-electron chi connectivity index (χ1n) is 7.47. The quantitative estimate of drug-likeness (QED) is 0.658. The van der Waals surface area contributed by atoms with Gasteiger partial charge in [0, 0.05) is 23.7 Å². The van der Waals surface area contributed by atoms with Crippen molar-refractivity contribution in [2.45, 2.75) is 38.3 Å². The lowest BCUT2D eigenvalue weighted by molar-refractivity contribution is 0.00409. The van der Waals surface area contributed by atoms with Crippen molar-refractivity contribution in [1.29, 1.82) is 0 Å². The highest BCUT2D eigenvalue weighted by Crippen LogP contribution is 2.24. The summed E-state index contributed by atoms with van der Waals surface area (Å²) in [4.78, 5) is 0. The van der Waals surface area contributed by atoms with Crippen LogP contribution in [0.3, 0.4) is 0 Å². The summed E-state index contributed by atoms with van der Waals surface area (Å²) >= 11 is 3.52. The van der Waals surface area contributed by atoms with E-state index in [0.717, 1.165) is 24.0 Å². The third-order valence-corrected chi connectivity index (χ3v) is 3.78. The molecular formula is C16H24BrNO2. The molecule has 1 aliphatic carbocycles. The van der Waals surface area contributed by atoms with Crippen molar-refractivity contribution in [1.82, 2.24) is 5.32 Å². The molecule has 0 bridgehead atoms. The van der Waals surface area contributed by atoms with Crippen LogP contribution in [0.2, 0.25) is 0 Å². The molecule has 1 aromatic carbocycles. The average molecular weight is 342 g/mol. The summed E-state index contributed by atoms with van der Waals surface area (Å²) in [6.45, 7) is 5.11. The second-order valence-corrected chi connectivity index (χ2v) is 6.13. The first kappa shape index (κ1) is 16.0. The molecule has 3 nitrogen and oxygen atoms in total. The van der Waals surface area contributed by atoms with E-state index in [0.29, 0.717) is 19.3 Å². The number of benzene rings is 1. The van der Waals surface area contributed by atoms with Crippen molar-refractivity contribution in [3.8, 4) is 0 Å². The summed E-state index contributed by atoms with van der Waals surface area (Å²) in [5.74, 6) is 0. The summed E-state index contributed by atoms with van der Waals surface area (Å²) < 4.78 is 12.6. The molecule has 1 unspecified atom stereocenters. The van der Waals surface area contributed by atoms with E-state index < -0.39 is 0 Å². The minimum absolute atomic E-state index is 0.0957. The zero-order valence-corrected chi connectivity index (χ0v) is 13.7. The lowest BCUT2D eigenvalue weighted by Gasteiger charge is -2.19. The minimum atomic E-state index is 0.0957. The molecule has 1 N–H and O–H groups in total. The number of ether oxygens (including phenoxy) is 2. The Bertz CT molecular complexity index is 396. The predicted molar refractivity (Wildman–Crippen MR) is 85.0 cm³/mol. The van der Waals surface area contributed by atoms with Gasteiger partial charge in [0.2, 0.25) is 0 Å². The number of hydrogen-bond donors (Lipinski definition) is 1. The normalized spacial score (nSPS) is 16.3. The van der Waals surface area contributed by atoms with Gasteiger partial charge >= 0.3 is 0 Å². The van der Waals surface area contributed by atoms with Gasteiger partial charge in [0.05, 0.1) is 19.3 Å². The molecule has 1 aromatic rings. The van der Waals surface area contributed by atoms with Crippen molar-refractivity contribution in [3.63, 3.8) is 0 Å². The molecule has 1 atom stereocenters. The molecule has 1 aliphatic rings. The van der Waals surface area contributed by atoms with E-state index in [1.807, 2.05) is 6.07 Å². The third kappa shape index (κ3) is 5.92. The topological polar surface area (TPSA) is 30.5 Å². The standard InChI is InChI=1S/C16H24BrNO2/c1-2-8-19-9-10-20-16(12-18-15-6-7-15)13-4-3-5-14(17)11-13/h3-5,11,15-16,18H,2,6-10,12H2,1H3. The number of hydrogen-bond acceptors (Lipinski definition) is 3. The molecule has 1 fully saturated rings. The molecular weight excluding hydrogens is 318 g/mol. The Morgan fingerprint density at radius 3 is 2.85 bits per heavy atom. The molecule has 112 valence electrons. The van der Waals surface area contributed by atoms with Crippen molar-refractivity contribution in [2.75, 3.05) is 26.4 Å². The second-order valence-electron chi connectivity index (χ2n) is 5.21. The highest BCUT2D eigenvalue weighted by molar-refractivity contribution is 9.10. The smallest absolute Gasteiger partial charge is 0.0950 e. The van der Waals surface area contributed by atoms with Gasteiger partial charge in [0.1, 0.15) is 0 Å². The van der Waals surface area contributed by atoms with Gasteiger partial charge in [0.25, 0.3) is 0 Å². The van der Waals surface area contributed by atoms with E-state index in [1.165, 1.54) is 18.4 Å². The summed E-state index contributed by atoms with van der Waals surface area (Å²) in [6, 6.07) is 9.05. The highest BCUT2D eigenvalue weighted by atomic mass is 79.9. The summed E-state index contributed by atoms with van der Waals surface area (Å²) in [5, 5.41) is 3.55. The monoisotopic (exact) mass is 341 g/mol. The molecule has 0 aromatic heterocycles. The molecule has 0 spiro atoms. The highest BCUT2D eigenvalue weighted by Gasteiger charge is 2.22. The second kappa shape index (κ2) is 8.78. The fraction of sp³-hybridized carbons (Fsp3) is 0.625. The van der Waals surface area contributed by atoms with Crippen LogP contribution >= 0.6 is 15.9 Å². The van der Waals surface area contributed by atoms with E-state index in [1.54, 1.807) is 0 Å². The number of rotatable bonds is 10. The van der Waals surface area contributed by atoms with Gasteiger partial charge in [-0.3, -0.25) is 0 Å². The summed E-state index contributed by atoms with van der Waals surface area (Å²) in [6.07, 6.45) is 3.74.